The van der Waals surface area contributed by atoms with Gasteiger partial charge in [0.05, 0.1) is 5.60 Å². The Kier molecular flexibility index (Phi) is 4.96. The molecule has 1 fully saturated rings. The fraction of sp³-hybridized carbons (Fsp3) is 0.375. The lowest BCUT2D eigenvalue weighted by atomic mass is 9.80. The number of rotatable bonds is 3. The summed E-state index contributed by atoms with van der Waals surface area (Å²) >= 11 is 6.04. The summed E-state index contributed by atoms with van der Waals surface area (Å²) in [7, 11) is 0. The lowest BCUT2D eigenvalue weighted by Crippen LogP contribution is -2.39. The molecule has 140 valence electrons. The summed E-state index contributed by atoms with van der Waals surface area (Å²) in [6, 6.07) is 14.3. The Labute approximate surface area is 166 Å². The first-order chi connectivity index (χ1) is 13.0. The zero-order chi connectivity index (χ0) is 19.0. The third-order valence-corrected chi connectivity index (χ3v) is 6.42. The number of hydrogen-bond acceptors (Lipinski definition) is 2. The Balaban J connectivity index is 1.87. The van der Waals surface area contributed by atoms with Gasteiger partial charge in [-0.1, -0.05) is 55.6 Å². The summed E-state index contributed by atoms with van der Waals surface area (Å²) in [6.07, 6.45) is 5.28. The van der Waals surface area contributed by atoms with Crippen molar-refractivity contribution in [3.63, 3.8) is 0 Å². The van der Waals surface area contributed by atoms with Gasteiger partial charge >= 0.3 is 0 Å². The van der Waals surface area contributed by atoms with Crippen molar-refractivity contribution in [1.29, 1.82) is 0 Å². The molecule has 2 aliphatic rings. The van der Waals surface area contributed by atoms with E-state index in [9.17, 15) is 4.79 Å². The van der Waals surface area contributed by atoms with Gasteiger partial charge in [-0.25, -0.2) is 0 Å². The third kappa shape index (κ3) is 3.26. The van der Waals surface area contributed by atoms with Crippen LogP contribution in [-0.2, 0) is 16.0 Å². The molecule has 2 aromatic rings. The molecular formula is C24H25ClO2. The SMILES string of the molecule is CCc1ccc(-c2ccc(Cl)cc2)cc1C1=C(C)C2(CCCC2)OCC1=O. The molecular weight excluding hydrogens is 356 g/mol. The van der Waals surface area contributed by atoms with E-state index < -0.39 is 0 Å². The topological polar surface area (TPSA) is 26.3 Å². The number of carbonyl (C=O) groups is 1. The van der Waals surface area contributed by atoms with Gasteiger partial charge in [0.1, 0.15) is 6.61 Å². The molecule has 4 rings (SSSR count). The van der Waals surface area contributed by atoms with Crippen LogP contribution in [0.4, 0.5) is 0 Å². The van der Waals surface area contributed by atoms with Crippen molar-refractivity contribution < 1.29 is 9.53 Å². The summed E-state index contributed by atoms with van der Waals surface area (Å²) < 4.78 is 6.08. The number of carbonyl (C=O) groups excluding carboxylic acids is 1. The first kappa shape index (κ1) is 18.5. The summed E-state index contributed by atoms with van der Waals surface area (Å²) in [4.78, 5) is 12.9. The second-order valence-electron chi connectivity index (χ2n) is 7.65. The van der Waals surface area contributed by atoms with E-state index in [0.29, 0.717) is 0 Å². The van der Waals surface area contributed by atoms with E-state index in [0.717, 1.165) is 52.1 Å². The lowest BCUT2D eigenvalue weighted by molar-refractivity contribution is -0.125. The van der Waals surface area contributed by atoms with Gasteiger partial charge in [-0.3, -0.25) is 4.79 Å². The average Bonchev–Trinajstić information content (AvgIpc) is 3.16. The Hall–Kier alpha value is -1.90. The molecule has 0 bridgehead atoms. The Morgan fingerprint density at radius 1 is 1.04 bits per heavy atom. The molecule has 0 unspecified atom stereocenters. The molecule has 0 radical (unpaired) electrons. The smallest absolute Gasteiger partial charge is 0.189 e. The average molecular weight is 381 g/mol. The van der Waals surface area contributed by atoms with Gasteiger partial charge in [0.25, 0.3) is 0 Å². The molecule has 1 aliphatic heterocycles. The van der Waals surface area contributed by atoms with Crippen molar-refractivity contribution in [3.8, 4) is 11.1 Å². The Morgan fingerprint density at radius 2 is 1.70 bits per heavy atom. The predicted octanol–water partition coefficient (Wildman–Crippen LogP) is 6.26. The highest BCUT2D eigenvalue weighted by Gasteiger charge is 2.43. The normalized spacial score (nSPS) is 19.1. The van der Waals surface area contributed by atoms with Gasteiger partial charge in [0.2, 0.25) is 0 Å². The standard InChI is InChI=1S/C24H25ClO2/c1-3-17-6-7-19(18-8-10-20(25)11-9-18)14-21(17)23-16(2)24(12-4-5-13-24)27-15-22(23)26/h6-11,14H,3-5,12-13,15H2,1-2H3. The van der Waals surface area contributed by atoms with Crippen LogP contribution in [0.15, 0.2) is 48.0 Å². The zero-order valence-corrected chi connectivity index (χ0v) is 16.7. The van der Waals surface area contributed by atoms with Crippen LogP contribution in [0, 0.1) is 0 Å². The van der Waals surface area contributed by atoms with Crippen LogP contribution < -0.4 is 0 Å². The molecule has 2 aromatic carbocycles. The minimum Gasteiger partial charge on any atom is -0.362 e. The summed E-state index contributed by atoms with van der Waals surface area (Å²) in [6.45, 7) is 4.44. The van der Waals surface area contributed by atoms with Gasteiger partial charge in [-0.15, -0.1) is 0 Å². The van der Waals surface area contributed by atoms with E-state index in [1.165, 1.54) is 18.4 Å². The van der Waals surface area contributed by atoms with Crippen LogP contribution >= 0.6 is 11.6 Å². The number of hydrogen-bond donors (Lipinski definition) is 0. The monoisotopic (exact) mass is 380 g/mol. The minimum absolute atomic E-state index is 0.105. The maximum Gasteiger partial charge on any atom is 0.189 e. The first-order valence-electron chi connectivity index (χ1n) is 9.82. The number of halogens is 1. The molecule has 3 heteroatoms. The Bertz CT molecular complexity index is 902. The van der Waals surface area contributed by atoms with E-state index in [4.69, 9.17) is 16.3 Å². The van der Waals surface area contributed by atoms with Crippen LogP contribution in [0.25, 0.3) is 16.7 Å². The van der Waals surface area contributed by atoms with Crippen LogP contribution in [0.5, 0.6) is 0 Å². The van der Waals surface area contributed by atoms with Crippen LogP contribution in [-0.4, -0.2) is 18.0 Å². The van der Waals surface area contributed by atoms with Gasteiger partial charge in [-0.2, -0.15) is 0 Å². The van der Waals surface area contributed by atoms with E-state index in [1.54, 1.807) is 0 Å². The molecule has 0 atom stereocenters. The maximum atomic E-state index is 12.9. The molecule has 0 N–H and O–H groups in total. The highest BCUT2D eigenvalue weighted by Crippen LogP contribution is 2.45. The van der Waals surface area contributed by atoms with Gasteiger partial charge in [0, 0.05) is 10.6 Å². The molecule has 0 saturated heterocycles. The van der Waals surface area contributed by atoms with E-state index in [2.05, 4.69) is 32.0 Å². The Morgan fingerprint density at radius 3 is 2.37 bits per heavy atom. The summed E-state index contributed by atoms with van der Waals surface area (Å²) in [5.41, 5.74) is 6.28. The zero-order valence-electron chi connectivity index (χ0n) is 16.0. The predicted molar refractivity (Wildman–Crippen MR) is 111 cm³/mol. The fourth-order valence-electron chi connectivity index (χ4n) is 4.58. The summed E-state index contributed by atoms with van der Waals surface area (Å²) in [5, 5.41) is 0.727. The number of ether oxygens (including phenoxy) is 1. The second kappa shape index (κ2) is 7.26. The molecule has 1 saturated carbocycles. The number of Topliss-reactive ketones (excluding diaryl/α,β-unsaturated/α-hetero) is 1. The van der Waals surface area contributed by atoms with Gasteiger partial charge in [0.15, 0.2) is 5.78 Å². The number of aryl methyl sites for hydroxylation is 1. The fourth-order valence-corrected chi connectivity index (χ4v) is 4.70. The largest absolute Gasteiger partial charge is 0.362 e. The second-order valence-corrected chi connectivity index (χ2v) is 8.08. The van der Waals surface area contributed by atoms with Crippen LogP contribution in [0.2, 0.25) is 5.02 Å². The van der Waals surface area contributed by atoms with E-state index >= 15 is 0 Å². The third-order valence-electron chi connectivity index (χ3n) is 6.17. The molecule has 1 heterocycles. The lowest BCUT2D eigenvalue weighted by Gasteiger charge is -2.36. The van der Waals surface area contributed by atoms with Crippen molar-refractivity contribution in [1.82, 2.24) is 0 Å². The maximum absolute atomic E-state index is 12.9. The first-order valence-corrected chi connectivity index (χ1v) is 10.2. The highest BCUT2D eigenvalue weighted by molar-refractivity contribution is 6.30. The van der Waals surface area contributed by atoms with Crippen molar-refractivity contribution in [2.75, 3.05) is 6.61 Å². The van der Waals surface area contributed by atoms with Crippen molar-refractivity contribution in [2.45, 2.75) is 51.6 Å². The highest BCUT2D eigenvalue weighted by atomic mass is 35.5. The van der Waals surface area contributed by atoms with Crippen molar-refractivity contribution in [2.24, 2.45) is 0 Å². The molecule has 0 amide bonds. The molecule has 0 aromatic heterocycles. The van der Waals surface area contributed by atoms with Crippen LogP contribution in [0.1, 0.15) is 50.7 Å². The molecule has 27 heavy (non-hydrogen) atoms. The molecule has 2 nitrogen and oxygen atoms in total. The van der Waals surface area contributed by atoms with Crippen molar-refractivity contribution >= 4 is 23.0 Å². The molecule has 1 spiro atoms. The van der Waals surface area contributed by atoms with E-state index in [1.807, 2.05) is 24.3 Å². The quantitative estimate of drug-likeness (QED) is 0.628. The number of ketones is 1. The van der Waals surface area contributed by atoms with Gasteiger partial charge < -0.3 is 4.74 Å². The minimum atomic E-state index is -0.232. The number of benzene rings is 2. The molecule has 1 aliphatic carbocycles. The van der Waals surface area contributed by atoms with Crippen molar-refractivity contribution in [3.05, 3.63) is 64.2 Å². The van der Waals surface area contributed by atoms with Crippen LogP contribution in [0.3, 0.4) is 0 Å². The summed E-state index contributed by atoms with van der Waals surface area (Å²) in [5.74, 6) is 0.105. The van der Waals surface area contributed by atoms with Gasteiger partial charge in [-0.05, 0) is 72.2 Å². The van der Waals surface area contributed by atoms with E-state index in [-0.39, 0.29) is 18.0 Å².